The van der Waals surface area contributed by atoms with E-state index >= 15 is 0 Å². The van der Waals surface area contributed by atoms with Crippen LogP contribution in [0.3, 0.4) is 0 Å². The second-order valence-corrected chi connectivity index (χ2v) is 7.86. The van der Waals surface area contributed by atoms with Crippen LogP contribution < -0.4 is 0 Å². The van der Waals surface area contributed by atoms with Gasteiger partial charge in [-0.2, -0.15) is 0 Å². The van der Waals surface area contributed by atoms with Crippen LogP contribution in [0.25, 0.3) is 0 Å². The Morgan fingerprint density at radius 3 is 2.21 bits per heavy atom. The molecule has 2 rings (SSSR count). The summed E-state index contributed by atoms with van der Waals surface area (Å²) in [6.07, 6.45) is 0.895. The molecule has 0 radical (unpaired) electrons. The van der Waals surface area contributed by atoms with Crippen LogP contribution in [0, 0.1) is 17.8 Å². The maximum absolute atomic E-state index is 10.5. The minimum absolute atomic E-state index is 0.197. The molecule has 0 saturated carbocycles. The van der Waals surface area contributed by atoms with Gasteiger partial charge in [0.05, 0.1) is 17.3 Å². The Morgan fingerprint density at radius 1 is 1.11 bits per heavy atom. The van der Waals surface area contributed by atoms with Crippen molar-refractivity contribution in [3.8, 4) is 0 Å². The zero-order chi connectivity index (χ0) is 14.4. The summed E-state index contributed by atoms with van der Waals surface area (Å²) in [6, 6.07) is 0. The van der Waals surface area contributed by atoms with Gasteiger partial charge in [-0.05, 0) is 52.5 Å². The minimum atomic E-state index is -0.428. The van der Waals surface area contributed by atoms with Gasteiger partial charge in [0, 0.05) is 19.0 Å². The zero-order valence-electron chi connectivity index (χ0n) is 13.4. The average Bonchev–Trinajstić information content (AvgIpc) is 2.42. The van der Waals surface area contributed by atoms with Crippen molar-refractivity contribution < 1.29 is 9.84 Å². The summed E-state index contributed by atoms with van der Waals surface area (Å²) in [6.45, 7) is 16.2. The second kappa shape index (κ2) is 5.01. The molecule has 2 aliphatic heterocycles. The SMILES string of the molecule is CC1CCN(CC2C(O)C(C)(C)OC2(C)C)CC1C. The molecule has 4 atom stereocenters. The summed E-state index contributed by atoms with van der Waals surface area (Å²) < 4.78 is 6.07. The summed E-state index contributed by atoms with van der Waals surface area (Å²) in [5, 5.41) is 10.5. The molecule has 0 bridgehead atoms. The largest absolute Gasteiger partial charge is 0.390 e. The summed E-state index contributed by atoms with van der Waals surface area (Å²) >= 11 is 0. The van der Waals surface area contributed by atoms with Crippen molar-refractivity contribution in [1.82, 2.24) is 4.90 Å². The second-order valence-electron chi connectivity index (χ2n) is 7.86. The van der Waals surface area contributed by atoms with Crippen molar-refractivity contribution in [3.05, 3.63) is 0 Å². The number of hydrogen-bond acceptors (Lipinski definition) is 3. The lowest BCUT2D eigenvalue weighted by Gasteiger charge is -2.39. The Hall–Kier alpha value is -0.120. The number of aliphatic hydroxyl groups is 1. The minimum Gasteiger partial charge on any atom is -0.390 e. The molecule has 4 unspecified atom stereocenters. The van der Waals surface area contributed by atoms with E-state index in [1.54, 1.807) is 0 Å². The van der Waals surface area contributed by atoms with Crippen molar-refractivity contribution >= 4 is 0 Å². The zero-order valence-corrected chi connectivity index (χ0v) is 13.4. The third-order valence-corrected chi connectivity index (χ3v) is 5.39. The molecule has 112 valence electrons. The first-order chi connectivity index (χ1) is 8.63. The Bertz CT molecular complexity index is 327. The highest BCUT2D eigenvalue weighted by atomic mass is 16.5. The van der Waals surface area contributed by atoms with E-state index in [1.165, 1.54) is 6.42 Å². The maximum Gasteiger partial charge on any atom is 0.0896 e. The van der Waals surface area contributed by atoms with Crippen molar-refractivity contribution in [1.29, 1.82) is 0 Å². The van der Waals surface area contributed by atoms with Crippen molar-refractivity contribution in [2.75, 3.05) is 19.6 Å². The summed E-state index contributed by atoms with van der Waals surface area (Å²) in [4.78, 5) is 2.52. The Labute approximate surface area is 118 Å². The first-order valence-electron chi connectivity index (χ1n) is 7.74. The molecule has 1 N–H and O–H groups in total. The highest BCUT2D eigenvalue weighted by Crippen LogP contribution is 2.43. The van der Waals surface area contributed by atoms with E-state index in [-0.39, 0.29) is 17.6 Å². The van der Waals surface area contributed by atoms with Gasteiger partial charge in [0.15, 0.2) is 0 Å². The van der Waals surface area contributed by atoms with Gasteiger partial charge in [0.25, 0.3) is 0 Å². The van der Waals surface area contributed by atoms with E-state index < -0.39 is 5.60 Å². The predicted octanol–water partition coefficient (Wildman–Crippen LogP) is 2.53. The summed E-state index contributed by atoms with van der Waals surface area (Å²) in [5.74, 6) is 1.78. The lowest BCUT2D eigenvalue weighted by molar-refractivity contribution is -0.0915. The standard InChI is InChI=1S/C16H31NO2/c1-11-7-8-17(9-12(11)2)10-13-14(18)16(5,6)19-15(13,3)4/h11-14,18H,7-10H2,1-6H3. The Balaban J connectivity index is 2.02. The number of aliphatic hydroxyl groups excluding tert-OH is 1. The van der Waals surface area contributed by atoms with Gasteiger partial charge in [-0.15, -0.1) is 0 Å². The molecule has 2 fully saturated rings. The van der Waals surface area contributed by atoms with Gasteiger partial charge in [0.2, 0.25) is 0 Å². The molecule has 3 heteroatoms. The van der Waals surface area contributed by atoms with Crippen molar-refractivity contribution in [3.63, 3.8) is 0 Å². The van der Waals surface area contributed by atoms with E-state index in [0.717, 1.165) is 31.5 Å². The third kappa shape index (κ3) is 2.98. The first-order valence-corrected chi connectivity index (χ1v) is 7.74. The van der Waals surface area contributed by atoms with Gasteiger partial charge in [0.1, 0.15) is 0 Å². The third-order valence-electron chi connectivity index (χ3n) is 5.39. The van der Waals surface area contributed by atoms with Gasteiger partial charge in [-0.1, -0.05) is 13.8 Å². The number of hydrogen-bond donors (Lipinski definition) is 1. The molecule has 0 amide bonds. The van der Waals surface area contributed by atoms with E-state index in [1.807, 2.05) is 13.8 Å². The summed E-state index contributed by atoms with van der Waals surface area (Å²) in [5.41, 5.74) is -0.669. The van der Waals surface area contributed by atoms with E-state index in [2.05, 4.69) is 32.6 Å². The quantitative estimate of drug-likeness (QED) is 0.836. The smallest absolute Gasteiger partial charge is 0.0896 e. The number of rotatable bonds is 2. The number of nitrogens with zero attached hydrogens (tertiary/aromatic N) is 1. The fourth-order valence-electron chi connectivity index (χ4n) is 3.79. The van der Waals surface area contributed by atoms with Crippen LogP contribution in [-0.4, -0.2) is 46.9 Å². The van der Waals surface area contributed by atoms with Crippen LogP contribution >= 0.6 is 0 Å². The fourth-order valence-corrected chi connectivity index (χ4v) is 3.79. The molecule has 0 aromatic carbocycles. The van der Waals surface area contributed by atoms with Gasteiger partial charge < -0.3 is 14.7 Å². The van der Waals surface area contributed by atoms with E-state index in [4.69, 9.17) is 4.74 Å². The predicted molar refractivity (Wildman–Crippen MR) is 78.1 cm³/mol. The summed E-state index contributed by atoms with van der Waals surface area (Å²) in [7, 11) is 0. The van der Waals surface area contributed by atoms with Gasteiger partial charge in [-0.3, -0.25) is 0 Å². The van der Waals surface area contributed by atoms with Crippen LogP contribution in [0.4, 0.5) is 0 Å². The molecule has 3 nitrogen and oxygen atoms in total. The van der Waals surface area contributed by atoms with Crippen LogP contribution in [0.2, 0.25) is 0 Å². The molecule has 0 aliphatic carbocycles. The molecule has 19 heavy (non-hydrogen) atoms. The maximum atomic E-state index is 10.5. The highest BCUT2D eigenvalue weighted by Gasteiger charge is 2.53. The number of likely N-dealkylation sites (tertiary alicyclic amines) is 1. The monoisotopic (exact) mass is 269 g/mol. The Kier molecular flexibility index (Phi) is 4.03. The lowest BCUT2D eigenvalue weighted by atomic mass is 9.82. The van der Waals surface area contributed by atoms with Crippen LogP contribution in [0.15, 0.2) is 0 Å². The molecular formula is C16H31NO2. The fraction of sp³-hybridized carbons (Fsp3) is 1.00. The van der Waals surface area contributed by atoms with Crippen molar-refractivity contribution in [2.45, 2.75) is 65.3 Å². The molecule has 0 aromatic rings. The van der Waals surface area contributed by atoms with Crippen LogP contribution in [-0.2, 0) is 4.74 Å². The number of piperidine rings is 1. The molecule has 0 spiro atoms. The molecular weight excluding hydrogens is 238 g/mol. The van der Waals surface area contributed by atoms with E-state index in [0.29, 0.717) is 0 Å². The first kappa shape index (κ1) is 15.3. The Morgan fingerprint density at radius 2 is 1.74 bits per heavy atom. The van der Waals surface area contributed by atoms with Gasteiger partial charge in [-0.25, -0.2) is 0 Å². The highest BCUT2D eigenvalue weighted by molar-refractivity contribution is 5.02. The molecule has 2 aliphatic rings. The lowest BCUT2D eigenvalue weighted by Crippen LogP contribution is -2.47. The van der Waals surface area contributed by atoms with Crippen LogP contribution in [0.1, 0.15) is 48.0 Å². The molecule has 2 heterocycles. The van der Waals surface area contributed by atoms with Crippen molar-refractivity contribution in [2.24, 2.45) is 17.8 Å². The van der Waals surface area contributed by atoms with Crippen LogP contribution in [0.5, 0.6) is 0 Å². The average molecular weight is 269 g/mol. The van der Waals surface area contributed by atoms with Gasteiger partial charge >= 0.3 is 0 Å². The number of ether oxygens (including phenoxy) is 1. The molecule has 2 saturated heterocycles. The van der Waals surface area contributed by atoms with E-state index in [9.17, 15) is 5.11 Å². The molecule has 0 aromatic heterocycles. The normalized spacial score (nSPS) is 42.5. The topological polar surface area (TPSA) is 32.7 Å².